The maximum absolute atomic E-state index is 12.3. The topological polar surface area (TPSA) is 130 Å². The molecule has 2 N–H and O–H groups in total. The van der Waals surface area contributed by atoms with Crippen molar-refractivity contribution in [3.8, 4) is 0 Å². The predicted octanol–water partition coefficient (Wildman–Crippen LogP) is 6.72. The van der Waals surface area contributed by atoms with E-state index in [2.05, 4.69) is 20.3 Å². The molecule has 1 aliphatic heterocycles. The summed E-state index contributed by atoms with van der Waals surface area (Å²) in [5.74, 6) is -2.79. The van der Waals surface area contributed by atoms with Gasteiger partial charge in [0.25, 0.3) is 0 Å². The minimum Gasteiger partial charge on any atom is -0.374 e. The Morgan fingerprint density at radius 2 is 1.69 bits per heavy atom. The first-order valence-electron chi connectivity index (χ1n) is 13.6. The molecular weight excluding hydrogens is 692 g/mol. The lowest BCUT2D eigenvalue weighted by Crippen LogP contribution is -2.50. The molecule has 0 unspecified atom stereocenters. The zero-order chi connectivity index (χ0) is 32.5. The lowest BCUT2D eigenvalue weighted by molar-refractivity contribution is -0.273. The van der Waals surface area contributed by atoms with E-state index < -0.39 is 24.2 Å². The summed E-state index contributed by atoms with van der Waals surface area (Å²) in [6.07, 6.45) is -1.88. The fourth-order valence-corrected chi connectivity index (χ4v) is 5.82. The third-order valence-electron chi connectivity index (χ3n) is 7.11. The van der Waals surface area contributed by atoms with Gasteiger partial charge in [0.2, 0.25) is 17.6 Å². The molecule has 0 spiro atoms. The number of hydrogen-bond donors (Lipinski definition) is 2. The summed E-state index contributed by atoms with van der Waals surface area (Å²) < 4.78 is 25.7. The molecule has 3 heterocycles. The molecule has 0 saturated carbocycles. The van der Waals surface area contributed by atoms with Gasteiger partial charge in [0, 0.05) is 33.1 Å². The van der Waals surface area contributed by atoms with Crippen molar-refractivity contribution in [3.05, 3.63) is 79.1 Å². The highest BCUT2D eigenvalue weighted by atomic mass is 35.5. The molecule has 4 atom stereocenters. The van der Waals surface area contributed by atoms with Gasteiger partial charge in [-0.15, -0.1) is 0 Å². The molecule has 0 radical (unpaired) electrons. The van der Waals surface area contributed by atoms with E-state index in [1.54, 1.807) is 50.2 Å². The summed E-state index contributed by atoms with van der Waals surface area (Å²) in [7, 11) is 1.31. The third kappa shape index (κ3) is 7.33. The lowest BCUT2D eigenvalue weighted by Gasteiger charge is -2.32. The Balaban J connectivity index is 1.47. The van der Waals surface area contributed by atoms with Crippen LogP contribution in [0.5, 0.6) is 0 Å². The first-order chi connectivity index (χ1) is 21.4. The Labute approximate surface area is 283 Å². The van der Waals surface area contributed by atoms with E-state index in [-0.39, 0.29) is 53.9 Å². The van der Waals surface area contributed by atoms with E-state index in [1.807, 2.05) is 0 Å². The van der Waals surface area contributed by atoms with Crippen LogP contribution in [0.4, 0.5) is 5.95 Å². The fraction of sp³-hybridized carbons (Fsp3) is 0.379. The monoisotopic (exact) mass is 717 g/mol. The largest absolute Gasteiger partial charge is 0.374 e. The van der Waals surface area contributed by atoms with Crippen molar-refractivity contribution in [1.82, 2.24) is 19.5 Å². The summed E-state index contributed by atoms with van der Waals surface area (Å²) >= 11 is 31.2. The van der Waals surface area contributed by atoms with Crippen molar-refractivity contribution >= 4 is 81.0 Å². The number of ether oxygens (including phenoxy) is 4. The lowest BCUT2D eigenvalue weighted by atomic mass is 10.1. The Hall–Kier alpha value is -2.29. The zero-order valence-electron chi connectivity index (χ0n) is 24.1. The van der Waals surface area contributed by atoms with Crippen LogP contribution in [0.25, 0.3) is 11.2 Å². The van der Waals surface area contributed by atoms with Crippen LogP contribution < -0.4 is 5.32 Å². The van der Waals surface area contributed by atoms with Crippen LogP contribution in [-0.2, 0) is 37.0 Å². The Morgan fingerprint density at radius 1 is 1.04 bits per heavy atom. The van der Waals surface area contributed by atoms with E-state index in [9.17, 15) is 9.90 Å². The second kappa shape index (κ2) is 14.2. The van der Waals surface area contributed by atoms with Crippen molar-refractivity contribution in [2.45, 2.75) is 51.3 Å². The molecular formula is C29H28Cl5N5O6. The van der Waals surface area contributed by atoms with Gasteiger partial charge in [-0.1, -0.05) is 84.0 Å². The first-order valence-corrected chi connectivity index (χ1v) is 15.5. The number of halogens is 5. The van der Waals surface area contributed by atoms with E-state index >= 15 is 0 Å². The van der Waals surface area contributed by atoms with Gasteiger partial charge in [-0.2, -0.15) is 9.97 Å². The number of carbonyl (C=O) groups is 1. The second-order valence-electron chi connectivity index (χ2n) is 10.5. The Bertz CT molecular complexity index is 1710. The molecule has 11 nitrogen and oxygen atoms in total. The van der Waals surface area contributed by atoms with Gasteiger partial charge >= 0.3 is 0 Å². The number of aromatic nitrogens is 4. The van der Waals surface area contributed by atoms with E-state index in [1.165, 1.54) is 18.0 Å². The molecule has 240 valence electrons. The SMILES string of the molecule is CO[C@]1(O)[C@H](OCc2ccc(Cl)cc2Cl)[C@@H](COCc2ccc(Cl)cc2Cl)O[C@H]1n1cnc2c(Cl)nc(NC(=O)C(C)C)nc21. The number of benzene rings is 2. The normalized spacial score (nSPS) is 21.6. The number of nitrogens with one attached hydrogen (secondary N) is 1. The number of fused-ring (bicyclic) bond motifs is 1. The fourth-order valence-electron chi connectivity index (χ4n) is 4.68. The maximum atomic E-state index is 12.3. The van der Waals surface area contributed by atoms with Crippen LogP contribution in [0, 0.1) is 5.92 Å². The summed E-state index contributed by atoms with van der Waals surface area (Å²) in [6.45, 7) is 3.51. The van der Waals surface area contributed by atoms with Gasteiger partial charge < -0.3 is 24.1 Å². The zero-order valence-corrected chi connectivity index (χ0v) is 27.9. The minimum absolute atomic E-state index is 0.0123. The van der Waals surface area contributed by atoms with Gasteiger partial charge in [0.05, 0.1) is 26.1 Å². The molecule has 45 heavy (non-hydrogen) atoms. The number of methoxy groups -OCH3 is 1. The molecule has 4 aromatic rings. The molecule has 2 aromatic heterocycles. The van der Waals surface area contributed by atoms with Crippen molar-refractivity contribution < 1.29 is 28.8 Å². The average molecular weight is 720 g/mol. The number of amides is 1. The number of hydrogen-bond acceptors (Lipinski definition) is 9. The van der Waals surface area contributed by atoms with Crippen molar-refractivity contribution in [3.63, 3.8) is 0 Å². The molecule has 0 aliphatic carbocycles. The number of aliphatic hydroxyl groups is 1. The van der Waals surface area contributed by atoms with Gasteiger partial charge in [-0.25, -0.2) is 4.98 Å². The number of imidazole rings is 1. The number of anilines is 1. The average Bonchev–Trinajstić information content (AvgIpc) is 3.52. The summed E-state index contributed by atoms with van der Waals surface area (Å²) in [4.78, 5) is 25.2. The molecule has 16 heteroatoms. The Morgan fingerprint density at radius 3 is 2.29 bits per heavy atom. The van der Waals surface area contributed by atoms with Gasteiger partial charge in [-0.3, -0.25) is 14.7 Å². The molecule has 0 bridgehead atoms. The van der Waals surface area contributed by atoms with Gasteiger partial charge in [0.1, 0.15) is 17.7 Å². The quantitative estimate of drug-likeness (QED) is 0.128. The Kier molecular flexibility index (Phi) is 10.8. The number of carbonyl (C=O) groups excluding carboxylic acids is 1. The highest BCUT2D eigenvalue weighted by molar-refractivity contribution is 6.35. The van der Waals surface area contributed by atoms with Crippen LogP contribution >= 0.6 is 58.0 Å². The second-order valence-corrected chi connectivity index (χ2v) is 12.6. The molecule has 1 aliphatic rings. The summed E-state index contributed by atoms with van der Waals surface area (Å²) in [5.41, 5.74) is 1.70. The molecule has 1 saturated heterocycles. The first kappa shape index (κ1) is 34.1. The summed E-state index contributed by atoms with van der Waals surface area (Å²) in [6, 6.07) is 10.1. The van der Waals surface area contributed by atoms with Crippen LogP contribution in [0.15, 0.2) is 42.7 Å². The standard InChI is InChI=1S/C29H28Cl5N5O6/c1-14(2)26(40)38-28-36-24(34)22-25(37-28)39(13-35-22)27-29(41,42-3)23(44-11-16-5-7-18(31)9-20(16)33)21(45-27)12-43-10-15-4-6-17(30)8-19(15)32/h4-9,13-14,21,23,27,41H,10-12H2,1-3H3,(H,36,37,38,40)/t21-,23-,27-,29-/m1/s1. The number of rotatable bonds is 11. The third-order valence-corrected chi connectivity index (χ3v) is 8.55. The highest BCUT2D eigenvalue weighted by Crippen LogP contribution is 2.43. The van der Waals surface area contributed by atoms with Crippen LogP contribution in [0.1, 0.15) is 31.2 Å². The minimum atomic E-state index is -2.10. The van der Waals surface area contributed by atoms with Crippen LogP contribution in [0.3, 0.4) is 0 Å². The van der Waals surface area contributed by atoms with Gasteiger partial charge in [0.15, 0.2) is 17.0 Å². The summed E-state index contributed by atoms with van der Waals surface area (Å²) in [5, 5.41) is 16.4. The van der Waals surface area contributed by atoms with Gasteiger partial charge in [-0.05, 0) is 35.4 Å². The van der Waals surface area contributed by atoms with E-state index in [4.69, 9.17) is 77.0 Å². The smallest absolute Gasteiger partial charge is 0.241 e. The van der Waals surface area contributed by atoms with Crippen LogP contribution in [-0.4, -0.2) is 62.2 Å². The van der Waals surface area contributed by atoms with E-state index in [0.29, 0.717) is 31.2 Å². The highest BCUT2D eigenvalue weighted by Gasteiger charge is 2.59. The number of nitrogens with zero attached hydrogens (tertiary/aromatic N) is 4. The maximum Gasteiger partial charge on any atom is 0.241 e. The molecule has 1 amide bonds. The van der Waals surface area contributed by atoms with Crippen molar-refractivity contribution in [2.24, 2.45) is 5.92 Å². The molecule has 2 aromatic carbocycles. The molecule has 5 rings (SSSR count). The molecule has 1 fully saturated rings. The predicted molar refractivity (Wildman–Crippen MR) is 171 cm³/mol. The van der Waals surface area contributed by atoms with Crippen molar-refractivity contribution in [1.29, 1.82) is 0 Å². The van der Waals surface area contributed by atoms with E-state index in [0.717, 1.165) is 0 Å². The van der Waals surface area contributed by atoms with Crippen LogP contribution in [0.2, 0.25) is 25.2 Å². The van der Waals surface area contributed by atoms with Crippen molar-refractivity contribution in [2.75, 3.05) is 19.0 Å².